The quantitative estimate of drug-likeness (QED) is 0.740. The molecule has 0 N–H and O–H groups in total. The van der Waals surface area contributed by atoms with Crippen LogP contribution in [0, 0.1) is 6.92 Å². The standard InChI is InChI=1S/C18H17FN4O/c1-11-20-10-16(23(11)2)14-4-3-12-9-21-13(7-15(12)22-14)8-17(24)18(19)5-6-18/h3-4,7,9-10H,5-6,8H2,1-2H3. The van der Waals surface area contributed by atoms with Crippen molar-refractivity contribution >= 4 is 16.7 Å². The average molecular weight is 324 g/mol. The molecule has 0 unspecified atom stereocenters. The molecule has 0 bridgehead atoms. The van der Waals surface area contributed by atoms with Crippen molar-refractivity contribution in [1.82, 2.24) is 19.5 Å². The van der Waals surface area contributed by atoms with Crippen LogP contribution in [-0.4, -0.2) is 31.0 Å². The summed E-state index contributed by atoms with van der Waals surface area (Å²) in [7, 11) is 1.94. The number of pyridine rings is 2. The Morgan fingerprint density at radius 1 is 1.29 bits per heavy atom. The summed E-state index contributed by atoms with van der Waals surface area (Å²) in [5.74, 6) is 0.526. The fourth-order valence-corrected chi connectivity index (χ4v) is 2.75. The number of imidazole rings is 1. The van der Waals surface area contributed by atoms with Crippen LogP contribution in [0.3, 0.4) is 0 Å². The molecule has 1 saturated carbocycles. The topological polar surface area (TPSA) is 60.7 Å². The summed E-state index contributed by atoms with van der Waals surface area (Å²) in [6.07, 6.45) is 4.16. The molecule has 0 radical (unpaired) electrons. The van der Waals surface area contributed by atoms with Crippen LogP contribution in [0.2, 0.25) is 0 Å². The van der Waals surface area contributed by atoms with E-state index in [0.29, 0.717) is 18.5 Å². The van der Waals surface area contributed by atoms with E-state index in [1.54, 1.807) is 18.5 Å². The summed E-state index contributed by atoms with van der Waals surface area (Å²) in [6, 6.07) is 5.63. The zero-order valence-electron chi connectivity index (χ0n) is 13.6. The van der Waals surface area contributed by atoms with Crippen molar-refractivity contribution < 1.29 is 9.18 Å². The largest absolute Gasteiger partial charge is 0.330 e. The highest BCUT2D eigenvalue weighted by Crippen LogP contribution is 2.41. The molecule has 3 aromatic heterocycles. The maximum atomic E-state index is 13.8. The molecule has 0 aromatic carbocycles. The highest BCUT2D eigenvalue weighted by molar-refractivity contribution is 5.92. The third-order valence-corrected chi connectivity index (χ3v) is 4.64. The van der Waals surface area contributed by atoms with Gasteiger partial charge in [0.25, 0.3) is 0 Å². The number of aryl methyl sites for hydroxylation is 1. The molecule has 3 aromatic rings. The predicted octanol–water partition coefficient (Wildman–Crippen LogP) is 2.95. The molecule has 5 nitrogen and oxygen atoms in total. The lowest BCUT2D eigenvalue weighted by Gasteiger charge is -2.07. The summed E-state index contributed by atoms with van der Waals surface area (Å²) in [4.78, 5) is 25.1. The number of hydrogen-bond acceptors (Lipinski definition) is 4. The lowest BCUT2D eigenvalue weighted by atomic mass is 10.1. The van der Waals surface area contributed by atoms with Crippen LogP contribution in [-0.2, 0) is 18.3 Å². The van der Waals surface area contributed by atoms with Crippen LogP contribution in [0.25, 0.3) is 22.3 Å². The van der Waals surface area contributed by atoms with Crippen LogP contribution in [0.15, 0.2) is 30.6 Å². The van der Waals surface area contributed by atoms with Gasteiger partial charge in [-0.25, -0.2) is 14.4 Å². The molecule has 0 amide bonds. The number of ketones is 1. The first-order chi connectivity index (χ1) is 11.5. The number of aromatic nitrogens is 4. The Morgan fingerprint density at radius 3 is 2.75 bits per heavy atom. The molecule has 0 spiro atoms. The number of rotatable bonds is 4. The molecule has 0 saturated heterocycles. The predicted molar refractivity (Wildman–Crippen MR) is 88.3 cm³/mol. The minimum absolute atomic E-state index is 0.0170. The van der Waals surface area contributed by atoms with Gasteiger partial charge < -0.3 is 4.57 Å². The van der Waals surface area contributed by atoms with E-state index in [1.165, 1.54) is 0 Å². The molecule has 0 atom stereocenters. The highest BCUT2D eigenvalue weighted by Gasteiger charge is 2.50. The summed E-state index contributed by atoms with van der Waals surface area (Å²) >= 11 is 0. The zero-order chi connectivity index (χ0) is 16.9. The van der Waals surface area contributed by atoms with Crippen LogP contribution in [0.4, 0.5) is 4.39 Å². The van der Waals surface area contributed by atoms with E-state index < -0.39 is 5.67 Å². The second-order valence-corrected chi connectivity index (χ2v) is 6.38. The maximum absolute atomic E-state index is 13.8. The van der Waals surface area contributed by atoms with Crippen molar-refractivity contribution in [2.45, 2.75) is 31.9 Å². The van der Waals surface area contributed by atoms with Gasteiger partial charge in [-0.15, -0.1) is 0 Å². The van der Waals surface area contributed by atoms with Crippen LogP contribution in [0.5, 0.6) is 0 Å². The Labute approximate surface area is 138 Å². The number of alkyl halides is 1. The number of Topliss-reactive ketones (excluding diaryl/α,β-unsaturated/α-hetero) is 1. The fraction of sp³-hybridized carbons (Fsp3) is 0.333. The molecule has 0 aliphatic heterocycles. The fourth-order valence-electron chi connectivity index (χ4n) is 2.75. The Bertz CT molecular complexity index is 959. The monoisotopic (exact) mass is 324 g/mol. The van der Waals surface area contributed by atoms with Crippen molar-refractivity contribution in [3.63, 3.8) is 0 Å². The second-order valence-electron chi connectivity index (χ2n) is 6.38. The van der Waals surface area contributed by atoms with Gasteiger partial charge in [0.05, 0.1) is 35.2 Å². The molecule has 24 heavy (non-hydrogen) atoms. The maximum Gasteiger partial charge on any atom is 0.175 e. The van der Waals surface area contributed by atoms with Crippen molar-refractivity contribution in [1.29, 1.82) is 0 Å². The van der Waals surface area contributed by atoms with E-state index in [2.05, 4.69) is 15.0 Å². The molecular weight excluding hydrogens is 307 g/mol. The van der Waals surface area contributed by atoms with Gasteiger partial charge in [-0.05, 0) is 38.0 Å². The van der Waals surface area contributed by atoms with Gasteiger partial charge in [0.1, 0.15) is 5.82 Å². The normalized spacial score (nSPS) is 15.6. The third kappa shape index (κ3) is 2.48. The van der Waals surface area contributed by atoms with Crippen LogP contribution >= 0.6 is 0 Å². The SMILES string of the molecule is Cc1ncc(-c2ccc3cnc(CC(=O)C4(F)CC4)cc3n2)n1C. The van der Waals surface area contributed by atoms with E-state index in [-0.39, 0.29) is 12.2 Å². The van der Waals surface area contributed by atoms with E-state index in [0.717, 1.165) is 28.1 Å². The molecular formula is C18H17FN4O. The number of fused-ring (bicyclic) bond motifs is 1. The average Bonchev–Trinajstić information content (AvgIpc) is 3.24. The lowest BCUT2D eigenvalue weighted by Crippen LogP contribution is -2.19. The molecule has 3 heterocycles. The third-order valence-electron chi connectivity index (χ3n) is 4.64. The summed E-state index contributed by atoms with van der Waals surface area (Å²) in [5.41, 5.74) is 1.41. The molecule has 1 fully saturated rings. The molecule has 4 rings (SSSR count). The van der Waals surface area contributed by atoms with E-state index in [4.69, 9.17) is 0 Å². The first-order valence-electron chi connectivity index (χ1n) is 7.93. The van der Waals surface area contributed by atoms with Gasteiger partial charge in [0.15, 0.2) is 11.5 Å². The van der Waals surface area contributed by atoms with E-state index in [9.17, 15) is 9.18 Å². The Morgan fingerprint density at radius 2 is 2.08 bits per heavy atom. The summed E-state index contributed by atoms with van der Waals surface area (Å²) in [6.45, 7) is 1.93. The number of halogens is 1. The van der Waals surface area contributed by atoms with Crippen molar-refractivity contribution in [3.8, 4) is 11.4 Å². The molecule has 6 heteroatoms. The van der Waals surface area contributed by atoms with Gasteiger partial charge in [0, 0.05) is 18.6 Å². The number of carbonyl (C=O) groups excluding carboxylic acids is 1. The molecule has 1 aliphatic carbocycles. The van der Waals surface area contributed by atoms with E-state index >= 15 is 0 Å². The van der Waals surface area contributed by atoms with Crippen molar-refractivity contribution in [3.05, 3.63) is 42.1 Å². The highest BCUT2D eigenvalue weighted by atomic mass is 19.1. The number of nitrogens with zero attached hydrogens (tertiary/aromatic N) is 4. The molecule has 1 aliphatic rings. The van der Waals surface area contributed by atoms with Crippen molar-refractivity contribution in [2.24, 2.45) is 7.05 Å². The second kappa shape index (κ2) is 5.19. The zero-order valence-corrected chi connectivity index (χ0v) is 13.6. The van der Waals surface area contributed by atoms with Gasteiger partial charge in [-0.3, -0.25) is 9.78 Å². The smallest absolute Gasteiger partial charge is 0.175 e. The Kier molecular flexibility index (Phi) is 3.23. The summed E-state index contributed by atoms with van der Waals surface area (Å²) in [5, 5.41) is 0.884. The van der Waals surface area contributed by atoms with Crippen LogP contribution in [0.1, 0.15) is 24.4 Å². The van der Waals surface area contributed by atoms with Gasteiger partial charge in [-0.2, -0.15) is 0 Å². The first kappa shape index (κ1) is 14.9. The summed E-state index contributed by atoms with van der Waals surface area (Å²) < 4.78 is 15.8. The molecule has 122 valence electrons. The lowest BCUT2D eigenvalue weighted by molar-refractivity contribution is -0.124. The number of carbonyl (C=O) groups is 1. The minimum atomic E-state index is -1.61. The minimum Gasteiger partial charge on any atom is -0.330 e. The Hall–Kier alpha value is -2.63. The Balaban J connectivity index is 1.70. The first-order valence-corrected chi connectivity index (χ1v) is 7.93. The number of hydrogen-bond donors (Lipinski definition) is 0. The van der Waals surface area contributed by atoms with Gasteiger partial charge >= 0.3 is 0 Å². The van der Waals surface area contributed by atoms with E-state index in [1.807, 2.05) is 30.7 Å². The van der Waals surface area contributed by atoms with Crippen molar-refractivity contribution in [2.75, 3.05) is 0 Å². The van der Waals surface area contributed by atoms with Gasteiger partial charge in [-0.1, -0.05) is 0 Å². The van der Waals surface area contributed by atoms with Crippen LogP contribution < -0.4 is 0 Å². The van der Waals surface area contributed by atoms with Gasteiger partial charge in [0.2, 0.25) is 0 Å².